The fourth-order valence-electron chi connectivity index (χ4n) is 3.06. The molecule has 0 saturated carbocycles. The van der Waals surface area contributed by atoms with Gasteiger partial charge in [-0.25, -0.2) is 0 Å². The van der Waals surface area contributed by atoms with Crippen LogP contribution in [0.5, 0.6) is 17.2 Å². The van der Waals surface area contributed by atoms with Gasteiger partial charge in [0, 0.05) is 11.6 Å². The molecule has 0 unspecified atom stereocenters. The fraction of sp³-hybridized carbons (Fsp3) is 0.0769. The molecule has 31 heavy (non-hydrogen) atoms. The number of hydrogen-bond acceptors (Lipinski definition) is 5. The Labute approximate surface area is 180 Å². The van der Waals surface area contributed by atoms with E-state index in [0.29, 0.717) is 16.9 Å². The molecule has 3 aromatic rings. The highest BCUT2D eigenvalue weighted by Crippen LogP contribution is 2.28. The van der Waals surface area contributed by atoms with E-state index in [1.165, 1.54) is 31.4 Å². The van der Waals surface area contributed by atoms with Crippen molar-refractivity contribution < 1.29 is 24.5 Å². The number of rotatable bonds is 8. The van der Waals surface area contributed by atoms with Gasteiger partial charge in [-0.15, -0.1) is 0 Å². The second-order valence-corrected chi connectivity index (χ2v) is 6.84. The zero-order valence-corrected chi connectivity index (χ0v) is 17.0. The highest BCUT2D eigenvalue weighted by Gasteiger charge is 2.08. The maximum atomic E-state index is 12.3. The normalized spacial score (nSPS) is 11.1. The van der Waals surface area contributed by atoms with Crippen LogP contribution < -0.4 is 4.74 Å². The molecule has 5 heteroatoms. The molecule has 0 spiro atoms. The van der Waals surface area contributed by atoms with Gasteiger partial charge in [-0.05, 0) is 59.2 Å². The minimum atomic E-state index is -0.357. The minimum Gasteiger partial charge on any atom is -0.508 e. The molecule has 0 saturated heterocycles. The molecule has 0 amide bonds. The Bertz CT molecular complexity index is 1140. The van der Waals surface area contributed by atoms with E-state index in [1.54, 1.807) is 36.4 Å². The first kappa shape index (κ1) is 21.6. The van der Waals surface area contributed by atoms with Crippen LogP contribution in [0.3, 0.4) is 0 Å². The summed E-state index contributed by atoms with van der Waals surface area (Å²) in [4.78, 5) is 24.5. The summed E-state index contributed by atoms with van der Waals surface area (Å²) in [5.74, 6) is -0.137. The smallest absolute Gasteiger partial charge is 0.163 e. The van der Waals surface area contributed by atoms with Gasteiger partial charge in [-0.3, -0.25) is 9.59 Å². The van der Waals surface area contributed by atoms with Crippen molar-refractivity contribution in [2.24, 2.45) is 0 Å². The molecule has 0 aromatic heterocycles. The fourth-order valence-corrected chi connectivity index (χ4v) is 3.06. The van der Waals surface area contributed by atoms with Gasteiger partial charge in [-0.1, -0.05) is 42.5 Å². The molecule has 5 nitrogen and oxygen atoms in total. The average Bonchev–Trinajstić information content (AvgIpc) is 2.77. The molecule has 0 radical (unpaired) electrons. The molecular formula is C26H22O5. The first-order valence-corrected chi connectivity index (χ1v) is 9.63. The summed E-state index contributed by atoms with van der Waals surface area (Å²) in [6, 6.07) is 19.1. The topological polar surface area (TPSA) is 83.8 Å². The van der Waals surface area contributed by atoms with Gasteiger partial charge in [0.2, 0.25) is 0 Å². The number of phenols is 2. The van der Waals surface area contributed by atoms with E-state index in [1.807, 2.05) is 30.3 Å². The van der Waals surface area contributed by atoms with Crippen molar-refractivity contribution in [1.82, 2.24) is 0 Å². The Kier molecular flexibility index (Phi) is 7.01. The first-order valence-electron chi connectivity index (χ1n) is 9.63. The number of carbonyl (C=O) groups is 2. The number of methoxy groups -OCH3 is 1. The van der Waals surface area contributed by atoms with Crippen molar-refractivity contribution in [3.05, 3.63) is 90.0 Å². The Morgan fingerprint density at radius 3 is 2.10 bits per heavy atom. The summed E-state index contributed by atoms with van der Waals surface area (Å²) in [6.45, 7) is 0. The lowest BCUT2D eigenvalue weighted by molar-refractivity contribution is -0.121. The Hall–Kier alpha value is -4.12. The SMILES string of the molecule is COc1cc(O)ccc1/C=C/C(=O)CC(=O)/C=C/c1cc(O)ccc1-c1ccccc1. The molecule has 0 bridgehead atoms. The van der Waals surface area contributed by atoms with Gasteiger partial charge in [0.1, 0.15) is 17.2 Å². The summed E-state index contributed by atoms with van der Waals surface area (Å²) >= 11 is 0. The van der Waals surface area contributed by atoms with Gasteiger partial charge < -0.3 is 14.9 Å². The number of hydrogen-bond donors (Lipinski definition) is 2. The zero-order valence-electron chi connectivity index (χ0n) is 17.0. The lowest BCUT2D eigenvalue weighted by Gasteiger charge is -2.07. The van der Waals surface area contributed by atoms with Gasteiger partial charge in [0.05, 0.1) is 13.5 Å². The molecule has 3 aromatic carbocycles. The zero-order chi connectivity index (χ0) is 22.2. The summed E-state index contributed by atoms with van der Waals surface area (Å²) in [7, 11) is 1.47. The third-order valence-corrected chi connectivity index (χ3v) is 4.58. The molecule has 0 heterocycles. The van der Waals surface area contributed by atoms with Crippen LogP contribution in [0.2, 0.25) is 0 Å². The van der Waals surface area contributed by atoms with Crippen LogP contribution in [-0.2, 0) is 9.59 Å². The first-order chi connectivity index (χ1) is 15.0. The van der Waals surface area contributed by atoms with E-state index in [-0.39, 0.29) is 29.5 Å². The van der Waals surface area contributed by atoms with Crippen molar-refractivity contribution in [3.8, 4) is 28.4 Å². The summed E-state index contributed by atoms with van der Waals surface area (Å²) in [5.41, 5.74) is 3.12. The second kappa shape index (κ2) is 10.1. The Morgan fingerprint density at radius 2 is 1.42 bits per heavy atom. The lowest BCUT2D eigenvalue weighted by Crippen LogP contribution is -2.02. The standard InChI is InChI=1S/C26H22O5/c1-31-26-17-24(30)11-8-19(26)7-10-22(28)16-23(29)12-9-20-15-21(27)13-14-25(20)18-5-3-2-4-6-18/h2-15,17,27,30H,16H2,1H3/b10-7+,12-9+. The van der Waals surface area contributed by atoms with E-state index >= 15 is 0 Å². The van der Waals surface area contributed by atoms with Crippen molar-refractivity contribution >= 4 is 23.7 Å². The van der Waals surface area contributed by atoms with Crippen molar-refractivity contribution in [3.63, 3.8) is 0 Å². The molecule has 0 aliphatic heterocycles. The predicted octanol–water partition coefficient (Wildman–Crippen LogP) is 5.03. The number of ketones is 2. The van der Waals surface area contributed by atoms with Crippen LogP contribution in [0, 0.1) is 0 Å². The van der Waals surface area contributed by atoms with Gasteiger partial charge >= 0.3 is 0 Å². The number of aromatic hydroxyl groups is 2. The number of ether oxygens (including phenoxy) is 1. The number of benzene rings is 3. The highest BCUT2D eigenvalue weighted by atomic mass is 16.5. The minimum absolute atomic E-state index is 0.0578. The molecule has 0 aliphatic rings. The summed E-state index contributed by atoms with van der Waals surface area (Å²) in [5, 5.41) is 19.3. The third-order valence-electron chi connectivity index (χ3n) is 4.58. The van der Waals surface area contributed by atoms with Gasteiger partial charge in [0.15, 0.2) is 11.6 Å². The number of carbonyl (C=O) groups excluding carboxylic acids is 2. The van der Waals surface area contributed by atoms with E-state index < -0.39 is 0 Å². The summed E-state index contributed by atoms with van der Waals surface area (Å²) < 4.78 is 5.16. The van der Waals surface area contributed by atoms with E-state index in [9.17, 15) is 19.8 Å². The molecule has 2 N–H and O–H groups in total. The van der Waals surface area contributed by atoms with Crippen LogP contribution in [0.1, 0.15) is 17.5 Å². The van der Waals surface area contributed by atoms with Crippen LogP contribution in [-0.4, -0.2) is 28.9 Å². The van der Waals surface area contributed by atoms with Crippen molar-refractivity contribution in [1.29, 1.82) is 0 Å². The number of allylic oxidation sites excluding steroid dienone is 2. The Balaban J connectivity index is 1.70. The van der Waals surface area contributed by atoms with Crippen LogP contribution >= 0.6 is 0 Å². The van der Waals surface area contributed by atoms with Crippen LogP contribution in [0.15, 0.2) is 78.9 Å². The van der Waals surface area contributed by atoms with Gasteiger partial charge in [0.25, 0.3) is 0 Å². The Morgan fingerprint density at radius 1 is 0.806 bits per heavy atom. The average molecular weight is 414 g/mol. The number of phenolic OH excluding ortho intramolecular Hbond substituents is 2. The largest absolute Gasteiger partial charge is 0.508 e. The van der Waals surface area contributed by atoms with Crippen LogP contribution in [0.4, 0.5) is 0 Å². The van der Waals surface area contributed by atoms with E-state index in [2.05, 4.69) is 0 Å². The second-order valence-electron chi connectivity index (χ2n) is 6.84. The van der Waals surface area contributed by atoms with E-state index in [4.69, 9.17) is 4.74 Å². The molecular weight excluding hydrogens is 392 g/mol. The highest BCUT2D eigenvalue weighted by molar-refractivity contribution is 6.11. The van der Waals surface area contributed by atoms with E-state index in [0.717, 1.165) is 11.1 Å². The molecule has 0 aliphatic carbocycles. The van der Waals surface area contributed by atoms with Crippen LogP contribution in [0.25, 0.3) is 23.3 Å². The van der Waals surface area contributed by atoms with Crippen molar-refractivity contribution in [2.75, 3.05) is 7.11 Å². The maximum Gasteiger partial charge on any atom is 0.163 e. The van der Waals surface area contributed by atoms with Gasteiger partial charge in [-0.2, -0.15) is 0 Å². The molecule has 3 rings (SSSR count). The lowest BCUT2D eigenvalue weighted by atomic mass is 9.98. The quantitative estimate of drug-likeness (QED) is 0.399. The maximum absolute atomic E-state index is 12.3. The predicted molar refractivity (Wildman–Crippen MR) is 121 cm³/mol. The summed E-state index contributed by atoms with van der Waals surface area (Å²) in [6.07, 6.45) is 5.51. The molecule has 0 fully saturated rings. The molecule has 156 valence electrons. The molecule has 0 atom stereocenters. The monoisotopic (exact) mass is 414 g/mol. The third kappa shape index (κ3) is 5.93. The van der Waals surface area contributed by atoms with Crippen molar-refractivity contribution in [2.45, 2.75) is 6.42 Å².